The van der Waals surface area contributed by atoms with E-state index in [2.05, 4.69) is 9.97 Å². The Hall–Kier alpha value is -1.84. The van der Waals surface area contributed by atoms with Crippen molar-refractivity contribution in [1.82, 2.24) is 9.97 Å². The van der Waals surface area contributed by atoms with Crippen LogP contribution in [0.15, 0.2) is 29.1 Å². The molecule has 0 amide bonds. The average molecular weight is 175 g/mol. The maximum Gasteiger partial charge on any atom is 0.219 e. The quantitative estimate of drug-likeness (QED) is 0.715. The van der Waals surface area contributed by atoms with E-state index in [0.717, 1.165) is 16.9 Å². The van der Waals surface area contributed by atoms with Gasteiger partial charge in [0.15, 0.2) is 0 Å². The first-order valence-corrected chi connectivity index (χ1v) is 3.89. The Morgan fingerprint density at radius 3 is 2.54 bits per heavy atom. The van der Waals surface area contributed by atoms with Crippen molar-refractivity contribution in [3.63, 3.8) is 0 Å². The number of nitrogens with two attached hydrogens (primary N) is 1. The Morgan fingerprint density at radius 1 is 1.31 bits per heavy atom. The van der Waals surface area contributed by atoms with Gasteiger partial charge in [0.25, 0.3) is 0 Å². The van der Waals surface area contributed by atoms with Crippen molar-refractivity contribution in [3.05, 3.63) is 30.5 Å². The molecule has 2 rings (SSSR count). The van der Waals surface area contributed by atoms with Gasteiger partial charge in [-0.2, -0.15) is 0 Å². The third kappa shape index (κ3) is 1.38. The number of aromatic nitrogens is 2. The summed E-state index contributed by atoms with van der Waals surface area (Å²) in [5.41, 5.74) is 7.29. The molecule has 0 atom stereocenters. The van der Waals surface area contributed by atoms with E-state index < -0.39 is 0 Å². The van der Waals surface area contributed by atoms with Crippen molar-refractivity contribution in [1.29, 1.82) is 0 Å². The van der Waals surface area contributed by atoms with Crippen LogP contribution < -0.4 is 5.73 Å². The second-order valence-electron chi connectivity index (χ2n) is 2.72. The third-order valence-corrected chi connectivity index (χ3v) is 1.84. The molecule has 0 aliphatic rings. The maximum absolute atomic E-state index is 5.37. The minimum absolute atomic E-state index is 0.282. The van der Waals surface area contributed by atoms with Crippen LogP contribution in [0.5, 0.6) is 0 Å². The summed E-state index contributed by atoms with van der Waals surface area (Å²) in [5.74, 6) is 1.14. The minimum atomic E-state index is 0.282. The second-order valence-corrected chi connectivity index (χ2v) is 2.72. The van der Waals surface area contributed by atoms with E-state index in [1.54, 1.807) is 18.7 Å². The van der Waals surface area contributed by atoms with Crippen molar-refractivity contribution in [3.8, 4) is 11.1 Å². The molecule has 0 aromatic carbocycles. The molecule has 0 spiro atoms. The Morgan fingerprint density at radius 2 is 2.00 bits per heavy atom. The first-order valence-electron chi connectivity index (χ1n) is 3.89. The normalized spacial score (nSPS) is 10.2. The monoisotopic (exact) mass is 175 g/mol. The predicted molar refractivity (Wildman–Crippen MR) is 48.9 cm³/mol. The number of anilines is 1. The number of hydrogen-bond donors (Lipinski definition) is 1. The van der Waals surface area contributed by atoms with Gasteiger partial charge >= 0.3 is 0 Å². The Labute approximate surface area is 75.4 Å². The highest BCUT2D eigenvalue weighted by atomic mass is 16.3. The van der Waals surface area contributed by atoms with E-state index in [1.165, 1.54) is 0 Å². The van der Waals surface area contributed by atoms with E-state index in [4.69, 9.17) is 10.2 Å². The first-order chi connectivity index (χ1) is 6.27. The standard InChI is InChI=1S/C9H9N3O/c1-6-8(2-3-13-6)7-4-11-9(10)12-5-7/h2-5H,1H3,(H2,10,11,12). The zero-order chi connectivity index (χ0) is 9.26. The molecule has 13 heavy (non-hydrogen) atoms. The van der Waals surface area contributed by atoms with Gasteiger partial charge < -0.3 is 10.2 Å². The molecule has 0 bridgehead atoms. The Bertz CT molecular complexity index is 405. The molecule has 0 fully saturated rings. The van der Waals surface area contributed by atoms with Gasteiger partial charge in [-0.15, -0.1) is 0 Å². The summed E-state index contributed by atoms with van der Waals surface area (Å²) in [6.07, 6.45) is 5.00. The molecule has 0 radical (unpaired) electrons. The third-order valence-electron chi connectivity index (χ3n) is 1.84. The first kappa shape index (κ1) is 7.79. The minimum Gasteiger partial charge on any atom is -0.469 e. The van der Waals surface area contributed by atoms with E-state index in [9.17, 15) is 0 Å². The summed E-state index contributed by atoms with van der Waals surface area (Å²) in [5, 5.41) is 0. The molecule has 66 valence electrons. The SMILES string of the molecule is Cc1occc1-c1cnc(N)nc1. The van der Waals surface area contributed by atoms with E-state index in [0.29, 0.717) is 0 Å². The maximum atomic E-state index is 5.37. The van der Waals surface area contributed by atoms with Crippen LogP contribution in [0.3, 0.4) is 0 Å². The van der Waals surface area contributed by atoms with E-state index >= 15 is 0 Å². The molecule has 0 aliphatic carbocycles. The molecule has 2 aromatic heterocycles. The summed E-state index contributed by atoms with van der Waals surface area (Å²) in [6, 6.07) is 1.88. The smallest absolute Gasteiger partial charge is 0.219 e. The number of nitrogens with zero attached hydrogens (tertiary/aromatic N) is 2. The average Bonchev–Trinajstić information content (AvgIpc) is 2.53. The number of hydrogen-bond acceptors (Lipinski definition) is 4. The van der Waals surface area contributed by atoms with Gasteiger partial charge in [-0.1, -0.05) is 0 Å². The van der Waals surface area contributed by atoms with Crippen LogP contribution in [-0.2, 0) is 0 Å². The van der Waals surface area contributed by atoms with Crippen molar-refractivity contribution in [2.24, 2.45) is 0 Å². The fraction of sp³-hybridized carbons (Fsp3) is 0.111. The van der Waals surface area contributed by atoms with Crippen molar-refractivity contribution in [2.75, 3.05) is 5.73 Å². The van der Waals surface area contributed by atoms with Crippen LogP contribution in [0.2, 0.25) is 0 Å². The summed E-state index contributed by atoms with van der Waals surface area (Å²) in [4.78, 5) is 7.80. The molecule has 4 heteroatoms. The highest BCUT2D eigenvalue weighted by molar-refractivity contribution is 5.63. The van der Waals surface area contributed by atoms with E-state index in [1.807, 2.05) is 13.0 Å². The Kier molecular flexibility index (Phi) is 1.73. The molecule has 0 aliphatic heterocycles. The molecule has 0 unspecified atom stereocenters. The lowest BCUT2D eigenvalue weighted by atomic mass is 10.1. The summed E-state index contributed by atoms with van der Waals surface area (Å²) >= 11 is 0. The van der Waals surface area contributed by atoms with Gasteiger partial charge in [-0.05, 0) is 13.0 Å². The largest absolute Gasteiger partial charge is 0.469 e. The molecular weight excluding hydrogens is 166 g/mol. The zero-order valence-electron chi connectivity index (χ0n) is 7.19. The summed E-state index contributed by atoms with van der Waals surface area (Å²) < 4.78 is 5.16. The van der Waals surface area contributed by atoms with Crippen LogP contribution in [0, 0.1) is 6.92 Å². The zero-order valence-corrected chi connectivity index (χ0v) is 7.19. The number of aryl methyl sites for hydroxylation is 1. The molecule has 2 heterocycles. The van der Waals surface area contributed by atoms with Crippen molar-refractivity contribution >= 4 is 5.95 Å². The van der Waals surface area contributed by atoms with Gasteiger partial charge in [0, 0.05) is 23.5 Å². The molecule has 2 aromatic rings. The highest BCUT2D eigenvalue weighted by Crippen LogP contribution is 2.22. The van der Waals surface area contributed by atoms with Crippen LogP contribution in [-0.4, -0.2) is 9.97 Å². The summed E-state index contributed by atoms with van der Waals surface area (Å²) in [6.45, 7) is 1.89. The highest BCUT2D eigenvalue weighted by Gasteiger charge is 2.04. The molecule has 0 saturated carbocycles. The van der Waals surface area contributed by atoms with Gasteiger partial charge in [-0.25, -0.2) is 9.97 Å². The van der Waals surface area contributed by atoms with Gasteiger partial charge in [0.2, 0.25) is 5.95 Å². The van der Waals surface area contributed by atoms with E-state index in [-0.39, 0.29) is 5.95 Å². The fourth-order valence-corrected chi connectivity index (χ4v) is 1.16. The molecule has 2 N–H and O–H groups in total. The number of rotatable bonds is 1. The second kappa shape index (κ2) is 2.90. The van der Waals surface area contributed by atoms with Crippen LogP contribution in [0.25, 0.3) is 11.1 Å². The van der Waals surface area contributed by atoms with Crippen LogP contribution >= 0.6 is 0 Å². The summed E-state index contributed by atoms with van der Waals surface area (Å²) in [7, 11) is 0. The molecular formula is C9H9N3O. The van der Waals surface area contributed by atoms with Crippen molar-refractivity contribution < 1.29 is 4.42 Å². The van der Waals surface area contributed by atoms with Gasteiger partial charge in [-0.3, -0.25) is 0 Å². The lowest BCUT2D eigenvalue weighted by Crippen LogP contribution is -1.93. The van der Waals surface area contributed by atoms with Crippen LogP contribution in [0.1, 0.15) is 5.76 Å². The van der Waals surface area contributed by atoms with Gasteiger partial charge in [0.1, 0.15) is 5.76 Å². The molecule has 0 saturated heterocycles. The number of nitrogen functional groups attached to an aromatic ring is 1. The molecule has 4 nitrogen and oxygen atoms in total. The van der Waals surface area contributed by atoms with Gasteiger partial charge in [0.05, 0.1) is 6.26 Å². The topological polar surface area (TPSA) is 64.9 Å². The Balaban J connectivity index is 2.47. The number of furan rings is 1. The lowest BCUT2D eigenvalue weighted by molar-refractivity contribution is 0.535. The lowest BCUT2D eigenvalue weighted by Gasteiger charge is -1.97. The fourth-order valence-electron chi connectivity index (χ4n) is 1.16. The van der Waals surface area contributed by atoms with Crippen molar-refractivity contribution in [2.45, 2.75) is 6.92 Å². The predicted octanol–water partition coefficient (Wildman–Crippen LogP) is 1.63. The van der Waals surface area contributed by atoms with Crippen LogP contribution in [0.4, 0.5) is 5.95 Å².